The fraction of sp³-hybridized carbons (Fsp3) is 0.238. The Morgan fingerprint density at radius 1 is 0.964 bits per heavy atom. The van der Waals surface area contributed by atoms with E-state index in [2.05, 4.69) is 0 Å². The second-order valence-corrected chi connectivity index (χ2v) is 6.85. The molecular formula is C21H19ClN2O4. The number of rotatable bonds is 6. The molecule has 3 rings (SSSR count). The topological polar surface area (TPSA) is 74.8 Å². The standard InChI is InChI=1S/C21H19ClN2O4/c1-2-17(20(27)14-6-4-3-5-7-14)23(24-18(25)12-13-19(24)26)21(28)15-8-10-16(22)11-9-15/h3-11,17H,2,12-13H2,1H3/t17-/m0/s1. The lowest BCUT2D eigenvalue weighted by Gasteiger charge is -2.35. The minimum absolute atomic E-state index is 0.0131. The molecule has 0 aliphatic carbocycles. The minimum atomic E-state index is -0.989. The van der Waals surface area contributed by atoms with Gasteiger partial charge in [0.2, 0.25) is 11.8 Å². The van der Waals surface area contributed by atoms with Gasteiger partial charge in [-0.25, -0.2) is 5.01 Å². The van der Waals surface area contributed by atoms with Crippen LogP contribution >= 0.6 is 11.6 Å². The van der Waals surface area contributed by atoms with E-state index in [1.807, 2.05) is 0 Å². The van der Waals surface area contributed by atoms with E-state index in [0.29, 0.717) is 10.6 Å². The number of benzene rings is 2. The molecule has 144 valence electrons. The average molecular weight is 399 g/mol. The molecule has 3 amide bonds. The summed E-state index contributed by atoms with van der Waals surface area (Å²) in [6.45, 7) is 1.73. The normalized spacial score (nSPS) is 14.9. The Bertz CT molecular complexity index is 896. The van der Waals surface area contributed by atoms with Gasteiger partial charge in [0.1, 0.15) is 6.04 Å². The predicted octanol–water partition coefficient (Wildman–Crippen LogP) is 3.51. The Kier molecular flexibility index (Phi) is 5.90. The number of amides is 3. The molecule has 1 atom stereocenters. The molecule has 0 spiro atoms. The lowest BCUT2D eigenvalue weighted by atomic mass is 10.0. The van der Waals surface area contributed by atoms with Crippen molar-refractivity contribution >= 4 is 35.1 Å². The maximum absolute atomic E-state index is 13.3. The molecule has 1 saturated heterocycles. The van der Waals surface area contributed by atoms with Crippen molar-refractivity contribution in [2.75, 3.05) is 0 Å². The van der Waals surface area contributed by atoms with Gasteiger partial charge in [-0.15, -0.1) is 0 Å². The van der Waals surface area contributed by atoms with Crippen LogP contribution in [0.15, 0.2) is 54.6 Å². The van der Waals surface area contributed by atoms with Crippen LogP contribution in [0.5, 0.6) is 0 Å². The van der Waals surface area contributed by atoms with Crippen molar-refractivity contribution in [3.8, 4) is 0 Å². The molecule has 2 aromatic rings. The third-order valence-electron chi connectivity index (χ3n) is 4.58. The lowest BCUT2D eigenvalue weighted by Crippen LogP contribution is -2.56. The molecule has 1 fully saturated rings. The van der Waals surface area contributed by atoms with Gasteiger partial charge in [-0.1, -0.05) is 48.9 Å². The highest BCUT2D eigenvalue weighted by molar-refractivity contribution is 6.30. The molecule has 0 unspecified atom stereocenters. The molecule has 28 heavy (non-hydrogen) atoms. The number of Topliss-reactive ketones (excluding diaryl/α,β-unsaturated/α-hetero) is 1. The van der Waals surface area contributed by atoms with Crippen LogP contribution in [0, 0.1) is 0 Å². The van der Waals surface area contributed by atoms with Crippen LogP contribution in [0.4, 0.5) is 0 Å². The van der Waals surface area contributed by atoms with Crippen LogP contribution in [0.1, 0.15) is 46.9 Å². The maximum atomic E-state index is 13.3. The molecule has 1 aliphatic rings. The number of hydrazine groups is 1. The summed E-state index contributed by atoms with van der Waals surface area (Å²) >= 11 is 5.89. The maximum Gasteiger partial charge on any atom is 0.273 e. The quantitative estimate of drug-likeness (QED) is 0.551. The van der Waals surface area contributed by atoms with Crippen molar-refractivity contribution < 1.29 is 19.2 Å². The smallest absolute Gasteiger partial charge is 0.273 e. The Hall–Kier alpha value is -2.99. The van der Waals surface area contributed by atoms with Gasteiger partial charge < -0.3 is 0 Å². The zero-order valence-corrected chi connectivity index (χ0v) is 16.1. The first kappa shape index (κ1) is 19.8. The van der Waals surface area contributed by atoms with E-state index in [1.165, 1.54) is 12.1 Å². The number of nitrogens with zero attached hydrogens (tertiary/aromatic N) is 2. The first-order valence-corrected chi connectivity index (χ1v) is 9.36. The van der Waals surface area contributed by atoms with Crippen molar-refractivity contribution in [2.24, 2.45) is 0 Å². The number of imide groups is 1. The molecule has 0 bridgehead atoms. The molecule has 0 saturated carbocycles. The number of halogens is 1. The fourth-order valence-corrected chi connectivity index (χ4v) is 3.29. The Labute approximate surface area is 167 Å². The summed E-state index contributed by atoms with van der Waals surface area (Å²) in [4.78, 5) is 51.1. The van der Waals surface area contributed by atoms with E-state index in [4.69, 9.17) is 11.6 Å². The summed E-state index contributed by atoms with van der Waals surface area (Å²) in [7, 11) is 0. The highest BCUT2D eigenvalue weighted by Gasteiger charge is 2.42. The number of carbonyl (C=O) groups is 4. The zero-order chi connectivity index (χ0) is 20.3. The fourth-order valence-electron chi connectivity index (χ4n) is 3.17. The summed E-state index contributed by atoms with van der Waals surface area (Å²) in [6, 6.07) is 13.6. The van der Waals surface area contributed by atoms with Gasteiger partial charge in [0.15, 0.2) is 5.78 Å². The van der Waals surface area contributed by atoms with Crippen molar-refractivity contribution in [3.63, 3.8) is 0 Å². The van der Waals surface area contributed by atoms with Gasteiger partial charge in [0, 0.05) is 29.0 Å². The molecule has 0 aromatic heterocycles. The second kappa shape index (κ2) is 8.35. The molecule has 7 heteroatoms. The van der Waals surface area contributed by atoms with Crippen LogP contribution in [0.2, 0.25) is 5.02 Å². The van der Waals surface area contributed by atoms with Gasteiger partial charge in [0.25, 0.3) is 5.91 Å². The number of carbonyl (C=O) groups excluding carboxylic acids is 4. The van der Waals surface area contributed by atoms with Gasteiger partial charge in [0.05, 0.1) is 0 Å². The van der Waals surface area contributed by atoms with Gasteiger partial charge >= 0.3 is 0 Å². The van der Waals surface area contributed by atoms with E-state index in [1.54, 1.807) is 49.4 Å². The minimum Gasteiger partial charge on any atom is -0.292 e. The van der Waals surface area contributed by atoms with E-state index in [-0.39, 0.29) is 30.6 Å². The number of hydrogen-bond acceptors (Lipinski definition) is 4. The van der Waals surface area contributed by atoms with Crippen molar-refractivity contribution in [1.29, 1.82) is 0 Å². The van der Waals surface area contributed by atoms with Crippen LogP contribution in [-0.4, -0.2) is 39.6 Å². The first-order valence-electron chi connectivity index (χ1n) is 8.98. The highest BCUT2D eigenvalue weighted by atomic mass is 35.5. The van der Waals surface area contributed by atoms with Crippen molar-refractivity contribution in [2.45, 2.75) is 32.2 Å². The third-order valence-corrected chi connectivity index (χ3v) is 4.83. The van der Waals surface area contributed by atoms with Gasteiger partial charge in [-0.3, -0.25) is 19.2 Å². The third kappa shape index (κ3) is 3.82. The summed E-state index contributed by atoms with van der Waals surface area (Å²) < 4.78 is 0. The van der Waals surface area contributed by atoms with Gasteiger partial charge in [-0.2, -0.15) is 5.01 Å². The summed E-state index contributed by atoms with van der Waals surface area (Å²) in [5.74, 6) is -1.92. The van der Waals surface area contributed by atoms with Crippen LogP contribution in [0.25, 0.3) is 0 Å². The molecule has 6 nitrogen and oxygen atoms in total. The highest BCUT2D eigenvalue weighted by Crippen LogP contribution is 2.24. The summed E-state index contributed by atoms with van der Waals surface area (Å²) in [5.41, 5.74) is 0.638. The Morgan fingerprint density at radius 3 is 2.07 bits per heavy atom. The molecule has 0 radical (unpaired) electrons. The molecule has 1 heterocycles. The van der Waals surface area contributed by atoms with Crippen LogP contribution in [0.3, 0.4) is 0 Å². The zero-order valence-electron chi connectivity index (χ0n) is 15.3. The monoisotopic (exact) mass is 398 g/mol. The van der Waals surface area contributed by atoms with E-state index in [9.17, 15) is 19.2 Å². The predicted molar refractivity (Wildman–Crippen MR) is 104 cm³/mol. The van der Waals surface area contributed by atoms with E-state index in [0.717, 1.165) is 10.0 Å². The molecule has 1 aliphatic heterocycles. The van der Waals surface area contributed by atoms with Gasteiger partial charge in [-0.05, 0) is 30.7 Å². The van der Waals surface area contributed by atoms with E-state index < -0.39 is 23.8 Å². The first-order chi connectivity index (χ1) is 13.4. The molecular weight excluding hydrogens is 380 g/mol. The van der Waals surface area contributed by atoms with E-state index >= 15 is 0 Å². The van der Waals surface area contributed by atoms with Crippen LogP contribution < -0.4 is 0 Å². The molecule has 2 aromatic carbocycles. The summed E-state index contributed by atoms with van der Waals surface area (Å²) in [5, 5.41) is 2.28. The number of ketones is 1. The summed E-state index contributed by atoms with van der Waals surface area (Å²) in [6.07, 6.45) is 0.266. The number of hydrogen-bond donors (Lipinski definition) is 0. The second-order valence-electron chi connectivity index (χ2n) is 6.41. The SMILES string of the molecule is CC[C@@H](C(=O)c1ccccc1)N(C(=O)c1ccc(Cl)cc1)N1C(=O)CCC1=O. The van der Waals surface area contributed by atoms with Crippen LogP contribution in [-0.2, 0) is 9.59 Å². The Morgan fingerprint density at radius 2 is 1.54 bits per heavy atom. The molecule has 0 N–H and O–H groups in total. The van der Waals surface area contributed by atoms with Crippen molar-refractivity contribution in [1.82, 2.24) is 10.0 Å². The largest absolute Gasteiger partial charge is 0.292 e. The average Bonchev–Trinajstić information content (AvgIpc) is 3.04. The van der Waals surface area contributed by atoms with Crippen molar-refractivity contribution in [3.05, 3.63) is 70.7 Å². The lowest BCUT2D eigenvalue weighted by molar-refractivity contribution is -0.155. The Balaban J connectivity index is 2.05.